The Balaban J connectivity index is 1.78. The zero-order valence-corrected chi connectivity index (χ0v) is 18.6. The van der Waals surface area contributed by atoms with E-state index in [1.165, 1.54) is 0 Å². The molecule has 1 aliphatic heterocycles. The molecular weight excluding hydrogens is 414 g/mol. The Hall–Kier alpha value is -2.34. The number of hydrogen-bond donors (Lipinski definition) is 2. The Labute approximate surface area is 189 Å². The van der Waals surface area contributed by atoms with Crippen LogP contribution in [-0.2, 0) is 20.7 Å². The number of halogens is 1. The van der Waals surface area contributed by atoms with E-state index in [1.54, 1.807) is 0 Å². The number of aliphatic hydroxyl groups is 1. The van der Waals surface area contributed by atoms with Crippen molar-refractivity contribution in [1.29, 1.82) is 0 Å². The lowest BCUT2D eigenvalue weighted by atomic mass is 9.80. The van der Waals surface area contributed by atoms with Gasteiger partial charge in [-0.3, -0.25) is 4.79 Å². The maximum atomic E-state index is 12.9. The third kappa shape index (κ3) is 6.57. The van der Waals surface area contributed by atoms with Gasteiger partial charge in [0.25, 0.3) is 5.91 Å². The van der Waals surface area contributed by atoms with Crippen molar-refractivity contribution in [3.8, 4) is 0 Å². The normalized spacial score (nSPS) is 20.6. The molecule has 1 aliphatic rings. The molecule has 0 unspecified atom stereocenters. The van der Waals surface area contributed by atoms with Crippen molar-refractivity contribution in [2.45, 2.75) is 38.4 Å². The van der Waals surface area contributed by atoms with Gasteiger partial charge >= 0.3 is 0 Å². The summed E-state index contributed by atoms with van der Waals surface area (Å²) in [5.74, 6) is -0.0787. The lowest BCUT2D eigenvalue weighted by Gasteiger charge is -2.37. The summed E-state index contributed by atoms with van der Waals surface area (Å²) in [7, 11) is 0. The second-order valence-electron chi connectivity index (χ2n) is 7.57. The van der Waals surface area contributed by atoms with Crippen LogP contribution in [0.1, 0.15) is 36.8 Å². The highest BCUT2D eigenvalue weighted by atomic mass is 35.5. The topological polar surface area (TPSA) is 67.8 Å². The minimum atomic E-state index is -0.558. The molecule has 0 aliphatic carbocycles. The Morgan fingerprint density at radius 2 is 1.90 bits per heavy atom. The van der Waals surface area contributed by atoms with Gasteiger partial charge in [-0.15, -0.1) is 0 Å². The predicted octanol–water partition coefficient (Wildman–Crippen LogP) is 4.45. The van der Waals surface area contributed by atoms with Crippen LogP contribution in [0.4, 0.5) is 0 Å². The van der Waals surface area contributed by atoms with Crippen LogP contribution < -0.4 is 5.32 Å². The molecule has 166 valence electrons. The fraction of sp³-hybridized carbons (Fsp3) is 0.400. The van der Waals surface area contributed by atoms with Crippen LogP contribution >= 0.6 is 11.6 Å². The summed E-state index contributed by atoms with van der Waals surface area (Å²) in [6.45, 7) is 2.99. The smallest absolute Gasteiger partial charge is 0.286 e. The van der Waals surface area contributed by atoms with E-state index in [9.17, 15) is 9.90 Å². The van der Waals surface area contributed by atoms with Crippen LogP contribution in [0.15, 0.2) is 66.4 Å². The summed E-state index contributed by atoms with van der Waals surface area (Å²) in [6, 6.07) is 17.6. The molecule has 1 amide bonds. The molecule has 0 radical (unpaired) electrons. The van der Waals surface area contributed by atoms with E-state index in [0.717, 1.165) is 17.5 Å². The van der Waals surface area contributed by atoms with E-state index in [-0.39, 0.29) is 30.1 Å². The second-order valence-corrected chi connectivity index (χ2v) is 8.01. The summed E-state index contributed by atoms with van der Waals surface area (Å²) in [5.41, 5.74) is 2.20. The minimum absolute atomic E-state index is 0.0193. The summed E-state index contributed by atoms with van der Waals surface area (Å²) in [5, 5.41) is 13.0. The summed E-state index contributed by atoms with van der Waals surface area (Å²) in [4.78, 5) is 12.9. The first-order valence-electron chi connectivity index (χ1n) is 10.8. The van der Waals surface area contributed by atoms with Crippen molar-refractivity contribution in [1.82, 2.24) is 5.32 Å². The number of ether oxygens (including phenoxy) is 2. The van der Waals surface area contributed by atoms with Crippen molar-refractivity contribution in [2.75, 3.05) is 19.8 Å². The monoisotopic (exact) mass is 443 g/mol. The SMILES string of the molecule is CCO[C@@H]1OC(C(=O)NCCc2ccccc2)=C[C@H](c2ccc(Cl)cc2)[C@H]1CCCO. The third-order valence-corrected chi connectivity index (χ3v) is 5.68. The van der Waals surface area contributed by atoms with E-state index >= 15 is 0 Å². The molecule has 5 nitrogen and oxygen atoms in total. The van der Waals surface area contributed by atoms with Crippen molar-refractivity contribution < 1.29 is 19.4 Å². The molecule has 2 N–H and O–H groups in total. The molecule has 2 aromatic rings. The minimum Gasteiger partial charge on any atom is -0.459 e. The number of allylic oxidation sites excluding steroid dienone is 1. The number of aliphatic hydroxyl groups excluding tert-OH is 1. The maximum Gasteiger partial charge on any atom is 0.286 e. The van der Waals surface area contributed by atoms with Gasteiger partial charge in [0.2, 0.25) is 6.29 Å². The zero-order valence-electron chi connectivity index (χ0n) is 17.8. The van der Waals surface area contributed by atoms with E-state index in [4.69, 9.17) is 21.1 Å². The Kier molecular flexibility index (Phi) is 8.95. The average molecular weight is 444 g/mol. The van der Waals surface area contributed by atoms with Gasteiger partial charge < -0.3 is 19.9 Å². The summed E-state index contributed by atoms with van der Waals surface area (Å²) >= 11 is 6.07. The highest BCUT2D eigenvalue weighted by Crippen LogP contribution is 2.39. The molecule has 0 bridgehead atoms. The van der Waals surface area contributed by atoms with Gasteiger partial charge in [-0.1, -0.05) is 54.1 Å². The highest BCUT2D eigenvalue weighted by Gasteiger charge is 2.37. The summed E-state index contributed by atoms with van der Waals surface area (Å²) in [6.07, 6.45) is 3.41. The highest BCUT2D eigenvalue weighted by molar-refractivity contribution is 6.30. The van der Waals surface area contributed by atoms with Gasteiger partial charge in [-0.05, 0) is 55.5 Å². The van der Waals surface area contributed by atoms with Crippen LogP contribution in [0.2, 0.25) is 5.02 Å². The quantitative estimate of drug-likeness (QED) is 0.569. The van der Waals surface area contributed by atoms with E-state index in [0.29, 0.717) is 31.0 Å². The van der Waals surface area contributed by atoms with Crippen molar-refractivity contribution in [2.24, 2.45) is 5.92 Å². The molecule has 2 aromatic carbocycles. The average Bonchev–Trinajstić information content (AvgIpc) is 2.79. The second kappa shape index (κ2) is 11.9. The number of carbonyl (C=O) groups excluding carboxylic acids is 1. The number of benzene rings is 2. The molecule has 0 spiro atoms. The Bertz CT molecular complexity index is 854. The molecule has 0 fully saturated rings. The third-order valence-electron chi connectivity index (χ3n) is 5.43. The van der Waals surface area contributed by atoms with Gasteiger partial charge in [0, 0.05) is 36.6 Å². The van der Waals surface area contributed by atoms with Gasteiger partial charge in [-0.25, -0.2) is 0 Å². The molecule has 0 saturated heterocycles. The Morgan fingerprint density at radius 1 is 1.16 bits per heavy atom. The Morgan fingerprint density at radius 3 is 2.58 bits per heavy atom. The number of hydrogen-bond acceptors (Lipinski definition) is 4. The molecule has 1 heterocycles. The molecule has 3 rings (SSSR count). The lowest BCUT2D eigenvalue weighted by molar-refractivity contribution is -0.166. The zero-order chi connectivity index (χ0) is 22.1. The van der Waals surface area contributed by atoms with Crippen molar-refractivity contribution in [3.05, 3.63) is 82.6 Å². The fourth-order valence-corrected chi connectivity index (χ4v) is 4.01. The van der Waals surface area contributed by atoms with E-state index in [1.807, 2.05) is 67.6 Å². The first kappa shape index (κ1) is 23.3. The molecule has 31 heavy (non-hydrogen) atoms. The number of amides is 1. The van der Waals surface area contributed by atoms with Crippen LogP contribution in [0.5, 0.6) is 0 Å². The molecule has 0 aromatic heterocycles. The molecule has 0 saturated carbocycles. The van der Waals surface area contributed by atoms with Crippen LogP contribution in [-0.4, -0.2) is 37.1 Å². The van der Waals surface area contributed by atoms with E-state index < -0.39 is 6.29 Å². The maximum absolute atomic E-state index is 12.9. The van der Waals surface area contributed by atoms with Crippen molar-refractivity contribution >= 4 is 17.5 Å². The first-order valence-corrected chi connectivity index (χ1v) is 11.2. The van der Waals surface area contributed by atoms with Crippen molar-refractivity contribution in [3.63, 3.8) is 0 Å². The number of carbonyl (C=O) groups is 1. The predicted molar refractivity (Wildman–Crippen MR) is 122 cm³/mol. The van der Waals surface area contributed by atoms with Crippen LogP contribution in [0.3, 0.4) is 0 Å². The first-order chi connectivity index (χ1) is 15.1. The molecule has 3 atom stereocenters. The van der Waals surface area contributed by atoms with Crippen LogP contribution in [0, 0.1) is 5.92 Å². The lowest BCUT2D eigenvalue weighted by Crippen LogP contribution is -2.39. The number of nitrogens with one attached hydrogen (secondary N) is 1. The van der Waals surface area contributed by atoms with Gasteiger partial charge in [0.05, 0.1) is 0 Å². The number of rotatable bonds is 10. The molecule has 6 heteroatoms. The van der Waals surface area contributed by atoms with Gasteiger partial charge in [0.15, 0.2) is 5.76 Å². The van der Waals surface area contributed by atoms with Gasteiger partial charge in [-0.2, -0.15) is 0 Å². The standard InChI is InChI=1S/C25H30ClNO4/c1-2-30-25-21(9-6-16-28)22(19-10-12-20(26)13-11-19)17-23(31-25)24(29)27-15-14-18-7-4-3-5-8-18/h3-5,7-8,10-13,17,21-22,25,28H,2,6,9,14-16H2,1H3,(H,27,29)/t21-,22-,25-/m1/s1. The van der Waals surface area contributed by atoms with Gasteiger partial charge in [0.1, 0.15) is 0 Å². The molecular formula is C25H30ClNO4. The van der Waals surface area contributed by atoms with Crippen LogP contribution in [0.25, 0.3) is 0 Å². The van der Waals surface area contributed by atoms with E-state index in [2.05, 4.69) is 5.32 Å². The summed E-state index contributed by atoms with van der Waals surface area (Å²) < 4.78 is 11.9. The fourth-order valence-electron chi connectivity index (χ4n) is 3.88. The largest absolute Gasteiger partial charge is 0.459 e.